The number of alkyl halides is 9. The molecule has 1 aliphatic heterocycles. The lowest BCUT2D eigenvalue weighted by Crippen LogP contribution is -2.44. The maximum Gasteiger partial charge on any atom is 0.417 e. The minimum absolute atomic E-state index is 0.0306. The number of amides is 2. The van der Waals surface area contributed by atoms with Crippen molar-refractivity contribution >= 4 is 47.1 Å². The van der Waals surface area contributed by atoms with Gasteiger partial charge >= 0.3 is 18.5 Å². The highest BCUT2D eigenvalue weighted by atomic mass is 35.5. The van der Waals surface area contributed by atoms with Crippen molar-refractivity contribution < 1.29 is 63.1 Å². The largest absolute Gasteiger partial charge is 0.417 e. The van der Waals surface area contributed by atoms with Gasteiger partial charge in [0.25, 0.3) is 11.8 Å². The van der Waals surface area contributed by atoms with E-state index >= 15 is 4.39 Å². The number of halogens is 12. The van der Waals surface area contributed by atoms with Crippen LogP contribution in [0.5, 0.6) is 0 Å². The molecule has 2 aromatic rings. The highest BCUT2D eigenvalue weighted by Gasteiger charge is 2.43. The van der Waals surface area contributed by atoms with Crippen LogP contribution in [0.1, 0.15) is 43.3 Å². The van der Waals surface area contributed by atoms with Crippen molar-refractivity contribution in [2.24, 2.45) is 0 Å². The van der Waals surface area contributed by atoms with Crippen LogP contribution < -0.4 is 5.32 Å². The Labute approximate surface area is 238 Å². The van der Waals surface area contributed by atoms with Crippen molar-refractivity contribution in [2.75, 3.05) is 13.2 Å². The molecule has 2 amide bonds. The molecule has 1 N–H and O–H groups in total. The Bertz CT molecular complexity index is 1420. The molecule has 1 heterocycles. The van der Waals surface area contributed by atoms with E-state index < -0.39 is 94.1 Å². The zero-order valence-corrected chi connectivity index (χ0v) is 21.7. The fourth-order valence-electron chi connectivity index (χ4n) is 3.74. The standard InChI is InChI=1S/C24H14Cl2F10N2O4/c25-16-5-11(3-12(7-39)19(16)26)14(23(31,32)33)6-17(27)10-1-2-13(15(4-10)24(34,35)36)20(40)37-18-8-42-38(21(18)41)9-22(28,29)30/h1-7,14,18H,8-9H2,(H,37,40)/b17-6-. The topological polar surface area (TPSA) is 75.7 Å². The summed E-state index contributed by atoms with van der Waals surface area (Å²) in [4.78, 5) is 40.2. The van der Waals surface area contributed by atoms with E-state index in [9.17, 15) is 53.9 Å². The van der Waals surface area contributed by atoms with E-state index in [0.29, 0.717) is 24.3 Å². The van der Waals surface area contributed by atoms with Crippen LogP contribution in [-0.4, -0.2) is 54.7 Å². The highest BCUT2D eigenvalue weighted by Crippen LogP contribution is 2.42. The molecule has 0 bridgehead atoms. The molecular formula is C24H14Cl2F10N2O4. The molecule has 2 aromatic carbocycles. The summed E-state index contributed by atoms with van der Waals surface area (Å²) in [6.07, 6.45) is -15.5. The fourth-order valence-corrected chi connectivity index (χ4v) is 4.13. The lowest BCUT2D eigenvalue weighted by atomic mass is 9.94. The molecule has 2 unspecified atom stereocenters. The third-order valence-corrected chi connectivity index (χ3v) is 6.46. The summed E-state index contributed by atoms with van der Waals surface area (Å²) in [5, 5.41) is 0.777. The summed E-state index contributed by atoms with van der Waals surface area (Å²) >= 11 is 11.5. The molecule has 1 fully saturated rings. The third-order valence-electron chi connectivity index (χ3n) is 5.64. The number of carbonyl (C=O) groups is 3. The molecular weight excluding hydrogens is 641 g/mol. The van der Waals surface area contributed by atoms with Crippen molar-refractivity contribution in [3.8, 4) is 0 Å². The first-order valence-corrected chi connectivity index (χ1v) is 11.9. The SMILES string of the molecule is O=Cc1cc(C(/C=C(\F)c2ccc(C(=O)NC3CON(CC(F)(F)F)C3=O)c(C(F)(F)F)c2)C(F)(F)F)cc(Cl)c1Cl. The summed E-state index contributed by atoms with van der Waals surface area (Å²) in [7, 11) is 0. The van der Waals surface area contributed by atoms with E-state index in [0.717, 1.165) is 0 Å². The van der Waals surface area contributed by atoms with Crippen LogP contribution in [0.25, 0.3) is 5.83 Å². The second kappa shape index (κ2) is 12.1. The summed E-state index contributed by atoms with van der Waals surface area (Å²) in [5.74, 6) is -7.63. The van der Waals surface area contributed by atoms with Gasteiger partial charge < -0.3 is 5.32 Å². The Hall–Kier alpha value is -3.37. The molecule has 18 heteroatoms. The first-order chi connectivity index (χ1) is 19.2. The van der Waals surface area contributed by atoms with Crippen LogP contribution in [0.3, 0.4) is 0 Å². The first-order valence-electron chi connectivity index (χ1n) is 11.1. The van der Waals surface area contributed by atoms with Crippen LogP contribution in [0.2, 0.25) is 10.0 Å². The maximum absolute atomic E-state index is 15.0. The Morgan fingerprint density at radius 1 is 1.07 bits per heavy atom. The summed E-state index contributed by atoms with van der Waals surface area (Å²) in [6.45, 7) is -2.69. The molecule has 2 atom stereocenters. The summed E-state index contributed by atoms with van der Waals surface area (Å²) in [6, 6.07) is 0.535. The van der Waals surface area contributed by atoms with E-state index in [1.165, 1.54) is 0 Å². The average molecular weight is 655 g/mol. The van der Waals surface area contributed by atoms with Gasteiger partial charge in [0.2, 0.25) is 0 Å². The quantitative estimate of drug-likeness (QED) is 0.260. The Balaban J connectivity index is 1.96. The molecule has 228 valence electrons. The zero-order chi connectivity index (χ0) is 31.8. The molecule has 0 aliphatic carbocycles. The number of hydrogen-bond acceptors (Lipinski definition) is 4. The van der Waals surface area contributed by atoms with E-state index in [-0.39, 0.29) is 28.5 Å². The van der Waals surface area contributed by atoms with Gasteiger partial charge in [0.05, 0.1) is 21.2 Å². The minimum atomic E-state index is -5.38. The van der Waals surface area contributed by atoms with E-state index in [4.69, 9.17) is 23.2 Å². The van der Waals surface area contributed by atoms with Crippen LogP contribution in [0.4, 0.5) is 43.9 Å². The number of rotatable bonds is 7. The van der Waals surface area contributed by atoms with Crippen molar-refractivity contribution in [1.29, 1.82) is 0 Å². The lowest BCUT2D eigenvalue weighted by molar-refractivity contribution is -0.214. The Morgan fingerprint density at radius 3 is 2.26 bits per heavy atom. The Morgan fingerprint density at radius 2 is 1.71 bits per heavy atom. The fraction of sp³-hybridized carbons (Fsp3) is 0.292. The van der Waals surface area contributed by atoms with E-state index in [1.807, 2.05) is 0 Å². The number of nitrogens with one attached hydrogen (secondary N) is 1. The Kier molecular flexibility index (Phi) is 9.54. The van der Waals surface area contributed by atoms with Crippen molar-refractivity contribution in [1.82, 2.24) is 10.4 Å². The molecule has 6 nitrogen and oxygen atoms in total. The van der Waals surface area contributed by atoms with Gasteiger partial charge in [-0.25, -0.2) is 9.45 Å². The zero-order valence-electron chi connectivity index (χ0n) is 20.2. The van der Waals surface area contributed by atoms with Gasteiger partial charge in [0.15, 0.2) is 6.29 Å². The predicted molar refractivity (Wildman–Crippen MR) is 126 cm³/mol. The van der Waals surface area contributed by atoms with Crippen LogP contribution in [-0.2, 0) is 15.8 Å². The molecule has 1 saturated heterocycles. The van der Waals surface area contributed by atoms with Gasteiger partial charge in [-0.1, -0.05) is 29.3 Å². The number of nitrogens with zero attached hydrogens (tertiary/aromatic N) is 1. The molecule has 1 aliphatic rings. The monoisotopic (exact) mass is 654 g/mol. The van der Waals surface area contributed by atoms with Crippen molar-refractivity contribution in [3.63, 3.8) is 0 Å². The van der Waals surface area contributed by atoms with E-state index in [2.05, 4.69) is 4.84 Å². The maximum atomic E-state index is 15.0. The van der Waals surface area contributed by atoms with E-state index in [1.54, 1.807) is 5.32 Å². The smallest absolute Gasteiger partial charge is 0.338 e. The van der Waals surface area contributed by atoms with Crippen LogP contribution in [0, 0.1) is 0 Å². The van der Waals surface area contributed by atoms with Gasteiger partial charge in [0, 0.05) is 11.1 Å². The number of hydrogen-bond donors (Lipinski definition) is 1. The summed E-state index contributed by atoms with van der Waals surface area (Å²) < 4.78 is 135. The molecule has 0 aromatic heterocycles. The second-order valence-electron chi connectivity index (χ2n) is 8.63. The predicted octanol–water partition coefficient (Wildman–Crippen LogP) is 6.92. The van der Waals surface area contributed by atoms with Gasteiger partial charge in [-0.2, -0.15) is 39.5 Å². The van der Waals surface area contributed by atoms with Gasteiger partial charge in [-0.3, -0.25) is 19.2 Å². The van der Waals surface area contributed by atoms with Crippen LogP contribution >= 0.6 is 23.2 Å². The number of aldehydes is 1. The number of benzene rings is 2. The number of allylic oxidation sites excluding steroid dienone is 1. The molecule has 42 heavy (non-hydrogen) atoms. The number of carbonyl (C=O) groups excluding carboxylic acids is 3. The van der Waals surface area contributed by atoms with Gasteiger partial charge in [-0.05, 0) is 35.9 Å². The van der Waals surface area contributed by atoms with Crippen molar-refractivity contribution in [2.45, 2.75) is 30.5 Å². The third kappa shape index (κ3) is 7.72. The first kappa shape index (κ1) is 33.1. The normalized spacial score (nSPS) is 17.4. The molecule has 0 radical (unpaired) electrons. The van der Waals surface area contributed by atoms with Gasteiger partial charge in [-0.15, -0.1) is 0 Å². The second-order valence-corrected chi connectivity index (χ2v) is 9.41. The number of hydroxylamine groups is 2. The van der Waals surface area contributed by atoms with Crippen LogP contribution in [0.15, 0.2) is 36.4 Å². The molecule has 0 spiro atoms. The lowest BCUT2D eigenvalue weighted by Gasteiger charge is -2.19. The highest BCUT2D eigenvalue weighted by molar-refractivity contribution is 6.43. The average Bonchev–Trinajstić information content (AvgIpc) is 3.19. The van der Waals surface area contributed by atoms with Gasteiger partial charge in [0.1, 0.15) is 30.9 Å². The molecule has 3 rings (SSSR count). The molecule has 0 saturated carbocycles. The summed E-state index contributed by atoms with van der Waals surface area (Å²) in [5.41, 5.74) is -5.32. The minimum Gasteiger partial charge on any atom is -0.338 e. The van der Waals surface area contributed by atoms with Crippen molar-refractivity contribution in [3.05, 3.63) is 74.3 Å².